The van der Waals surface area contributed by atoms with Gasteiger partial charge in [0.25, 0.3) is 0 Å². The summed E-state index contributed by atoms with van der Waals surface area (Å²) in [5.74, 6) is 0. The van der Waals surface area contributed by atoms with Gasteiger partial charge in [0, 0.05) is 24.2 Å². The van der Waals surface area contributed by atoms with Crippen LogP contribution in [0.1, 0.15) is 57.1 Å². The van der Waals surface area contributed by atoms with E-state index in [4.69, 9.17) is 0 Å². The molecule has 1 heteroatoms. The second-order valence-electron chi connectivity index (χ2n) is 6.38. The predicted octanol–water partition coefficient (Wildman–Crippen LogP) is 5.28. The zero-order valence-corrected chi connectivity index (χ0v) is 12.9. The Kier molecular flexibility index (Phi) is 3.45. The molecule has 0 bridgehead atoms. The van der Waals surface area contributed by atoms with Gasteiger partial charge in [0.2, 0.25) is 0 Å². The molecule has 0 radical (unpaired) electrons. The van der Waals surface area contributed by atoms with Gasteiger partial charge < -0.3 is 4.57 Å². The minimum atomic E-state index is 0.209. The molecule has 0 amide bonds. The molecular weight excluding hydrogens is 242 g/mol. The standard InChI is InChI=1S/C19H25N/c1-4-5-6-9-13-19(2)16-11-8-7-10-15(16)18-17(19)12-14-20(18)3/h7-8,10-12,14H,4-6,9,13H2,1-3H3. The van der Waals surface area contributed by atoms with Gasteiger partial charge in [0.05, 0.1) is 5.69 Å². The highest BCUT2D eigenvalue weighted by atomic mass is 14.9. The zero-order valence-electron chi connectivity index (χ0n) is 12.9. The zero-order chi connectivity index (χ0) is 14.2. The molecule has 0 saturated heterocycles. The molecule has 0 N–H and O–H groups in total. The highest BCUT2D eigenvalue weighted by Crippen LogP contribution is 2.51. The number of rotatable bonds is 5. The molecule has 0 saturated carbocycles. The van der Waals surface area contributed by atoms with Crippen molar-refractivity contribution in [3.05, 3.63) is 47.7 Å². The van der Waals surface area contributed by atoms with Crippen molar-refractivity contribution in [3.8, 4) is 11.3 Å². The fraction of sp³-hybridized carbons (Fsp3) is 0.474. The molecule has 1 aromatic heterocycles. The van der Waals surface area contributed by atoms with E-state index in [1.165, 1.54) is 54.5 Å². The molecule has 1 atom stereocenters. The molecule has 1 nitrogen and oxygen atoms in total. The van der Waals surface area contributed by atoms with E-state index in [0.29, 0.717) is 0 Å². The summed E-state index contributed by atoms with van der Waals surface area (Å²) < 4.78 is 2.28. The Hall–Kier alpha value is -1.50. The molecule has 1 unspecified atom stereocenters. The van der Waals surface area contributed by atoms with E-state index in [1.807, 2.05) is 0 Å². The Labute approximate surface area is 122 Å². The van der Waals surface area contributed by atoms with Gasteiger partial charge in [-0.1, -0.05) is 63.8 Å². The van der Waals surface area contributed by atoms with Crippen LogP contribution < -0.4 is 0 Å². The number of hydrogen-bond donors (Lipinski definition) is 0. The minimum absolute atomic E-state index is 0.209. The van der Waals surface area contributed by atoms with Crippen molar-refractivity contribution < 1.29 is 0 Å². The molecule has 1 aliphatic rings. The van der Waals surface area contributed by atoms with Crippen LogP contribution in [0.25, 0.3) is 11.3 Å². The summed E-state index contributed by atoms with van der Waals surface area (Å²) in [4.78, 5) is 0. The number of hydrogen-bond acceptors (Lipinski definition) is 0. The summed E-state index contributed by atoms with van der Waals surface area (Å²) in [7, 11) is 2.17. The molecule has 2 aromatic rings. The lowest BCUT2D eigenvalue weighted by atomic mass is 9.76. The van der Waals surface area contributed by atoms with Crippen LogP contribution in [0, 0.1) is 0 Å². The van der Waals surface area contributed by atoms with Gasteiger partial charge in [-0.25, -0.2) is 0 Å². The Morgan fingerprint density at radius 2 is 1.80 bits per heavy atom. The number of aromatic nitrogens is 1. The van der Waals surface area contributed by atoms with E-state index in [2.05, 4.69) is 62.0 Å². The van der Waals surface area contributed by atoms with Crippen molar-refractivity contribution in [2.75, 3.05) is 0 Å². The maximum atomic E-state index is 2.43. The summed E-state index contributed by atoms with van der Waals surface area (Å²) >= 11 is 0. The van der Waals surface area contributed by atoms with Crippen LogP contribution >= 0.6 is 0 Å². The molecule has 1 aromatic carbocycles. The maximum absolute atomic E-state index is 2.43. The third-order valence-electron chi connectivity index (χ3n) is 4.97. The topological polar surface area (TPSA) is 4.93 Å². The lowest BCUT2D eigenvalue weighted by molar-refractivity contribution is 0.487. The van der Waals surface area contributed by atoms with Gasteiger partial charge >= 0.3 is 0 Å². The van der Waals surface area contributed by atoms with Gasteiger partial charge in [-0.15, -0.1) is 0 Å². The van der Waals surface area contributed by atoms with E-state index in [1.54, 1.807) is 0 Å². The van der Waals surface area contributed by atoms with E-state index in [-0.39, 0.29) is 5.41 Å². The van der Waals surface area contributed by atoms with Crippen molar-refractivity contribution >= 4 is 0 Å². The number of unbranched alkanes of at least 4 members (excludes halogenated alkanes) is 3. The van der Waals surface area contributed by atoms with E-state index >= 15 is 0 Å². The number of nitrogens with zero attached hydrogens (tertiary/aromatic N) is 1. The molecule has 1 aliphatic carbocycles. The molecule has 0 aliphatic heterocycles. The number of benzene rings is 1. The summed E-state index contributed by atoms with van der Waals surface area (Å²) in [5, 5.41) is 0. The van der Waals surface area contributed by atoms with Crippen molar-refractivity contribution in [1.82, 2.24) is 4.57 Å². The number of aryl methyl sites for hydroxylation is 1. The van der Waals surface area contributed by atoms with Gasteiger partial charge in [0.1, 0.15) is 0 Å². The van der Waals surface area contributed by atoms with Crippen molar-refractivity contribution in [1.29, 1.82) is 0 Å². The Morgan fingerprint density at radius 3 is 2.60 bits per heavy atom. The first kappa shape index (κ1) is 13.5. The third-order valence-corrected chi connectivity index (χ3v) is 4.97. The number of fused-ring (bicyclic) bond motifs is 3. The highest BCUT2D eigenvalue weighted by molar-refractivity contribution is 5.78. The van der Waals surface area contributed by atoms with Crippen LogP contribution in [0.4, 0.5) is 0 Å². The van der Waals surface area contributed by atoms with Crippen LogP contribution in [-0.2, 0) is 12.5 Å². The average molecular weight is 267 g/mol. The first-order valence-electron chi connectivity index (χ1n) is 7.94. The van der Waals surface area contributed by atoms with Crippen LogP contribution in [-0.4, -0.2) is 4.57 Å². The predicted molar refractivity (Wildman–Crippen MR) is 86.1 cm³/mol. The van der Waals surface area contributed by atoms with Crippen LogP contribution in [0.5, 0.6) is 0 Å². The lowest BCUT2D eigenvalue weighted by Gasteiger charge is -2.26. The summed E-state index contributed by atoms with van der Waals surface area (Å²) in [5.41, 5.74) is 6.13. The first-order chi connectivity index (χ1) is 9.68. The maximum Gasteiger partial charge on any atom is 0.0522 e. The average Bonchev–Trinajstić information content (AvgIpc) is 2.96. The van der Waals surface area contributed by atoms with E-state index < -0.39 is 0 Å². The minimum Gasteiger partial charge on any atom is -0.350 e. The van der Waals surface area contributed by atoms with Crippen molar-refractivity contribution in [2.24, 2.45) is 7.05 Å². The van der Waals surface area contributed by atoms with E-state index in [0.717, 1.165) is 0 Å². The normalized spacial score (nSPS) is 19.9. The molecule has 106 valence electrons. The van der Waals surface area contributed by atoms with Crippen molar-refractivity contribution in [3.63, 3.8) is 0 Å². The lowest BCUT2D eigenvalue weighted by Crippen LogP contribution is -2.20. The van der Waals surface area contributed by atoms with E-state index in [9.17, 15) is 0 Å². The smallest absolute Gasteiger partial charge is 0.0522 e. The molecular formula is C19H25N. The van der Waals surface area contributed by atoms with Gasteiger partial charge in [-0.2, -0.15) is 0 Å². The fourth-order valence-electron chi connectivity index (χ4n) is 3.80. The van der Waals surface area contributed by atoms with Gasteiger partial charge in [-0.3, -0.25) is 0 Å². The quantitative estimate of drug-likeness (QED) is 0.649. The summed E-state index contributed by atoms with van der Waals surface area (Å²) in [6, 6.07) is 11.3. The molecule has 1 heterocycles. The Morgan fingerprint density at radius 1 is 1.00 bits per heavy atom. The second kappa shape index (κ2) is 5.12. The monoisotopic (exact) mass is 267 g/mol. The van der Waals surface area contributed by atoms with Gasteiger partial charge in [0.15, 0.2) is 0 Å². The molecule has 0 fully saturated rings. The molecule has 3 rings (SSSR count). The largest absolute Gasteiger partial charge is 0.350 e. The Balaban J connectivity index is 1.98. The summed E-state index contributed by atoms with van der Waals surface area (Å²) in [6.45, 7) is 4.71. The molecule has 20 heavy (non-hydrogen) atoms. The van der Waals surface area contributed by atoms with Crippen molar-refractivity contribution in [2.45, 2.75) is 51.4 Å². The summed E-state index contributed by atoms with van der Waals surface area (Å²) in [6.07, 6.45) is 8.83. The first-order valence-corrected chi connectivity index (χ1v) is 7.94. The SMILES string of the molecule is CCCCCCC1(C)c2ccccc2-c2c1ccn2C. The van der Waals surface area contributed by atoms with Crippen LogP contribution in [0.2, 0.25) is 0 Å². The molecule has 0 spiro atoms. The van der Waals surface area contributed by atoms with Crippen LogP contribution in [0.3, 0.4) is 0 Å². The highest BCUT2D eigenvalue weighted by Gasteiger charge is 2.39. The fourth-order valence-corrected chi connectivity index (χ4v) is 3.80. The van der Waals surface area contributed by atoms with Crippen LogP contribution in [0.15, 0.2) is 36.5 Å². The third kappa shape index (κ3) is 1.91. The Bertz CT molecular complexity index is 608. The second-order valence-corrected chi connectivity index (χ2v) is 6.38. The van der Waals surface area contributed by atoms with Gasteiger partial charge in [-0.05, 0) is 23.6 Å².